The number of rotatable bonds is 6. The first-order valence-electron chi connectivity index (χ1n) is 8.84. The maximum absolute atomic E-state index is 12.4. The summed E-state index contributed by atoms with van der Waals surface area (Å²) in [5, 5.41) is 3.69. The van der Waals surface area contributed by atoms with Crippen molar-refractivity contribution in [1.29, 1.82) is 0 Å². The Hall–Kier alpha value is -3.25. The molecule has 4 aromatic rings. The van der Waals surface area contributed by atoms with E-state index in [1.165, 1.54) is 11.8 Å². The number of nitrogens with zero attached hydrogens (tertiary/aromatic N) is 2. The molecule has 140 valence electrons. The van der Waals surface area contributed by atoms with Crippen LogP contribution in [-0.2, 0) is 4.79 Å². The number of ether oxygens (including phenoxy) is 1. The third-order valence-corrected chi connectivity index (χ3v) is 5.17. The van der Waals surface area contributed by atoms with Gasteiger partial charge in [0.05, 0.1) is 23.9 Å². The molecule has 3 aromatic carbocycles. The molecule has 1 aromatic heterocycles. The van der Waals surface area contributed by atoms with Gasteiger partial charge < -0.3 is 10.1 Å². The molecule has 28 heavy (non-hydrogen) atoms. The van der Waals surface area contributed by atoms with Crippen LogP contribution in [0.3, 0.4) is 0 Å². The van der Waals surface area contributed by atoms with E-state index in [4.69, 9.17) is 9.72 Å². The van der Waals surface area contributed by atoms with Gasteiger partial charge in [0, 0.05) is 17.4 Å². The van der Waals surface area contributed by atoms with Crippen LogP contribution >= 0.6 is 11.8 Å². The summed E-state index contributed by atoms with van der Waals surface area (Å²) in [7, 11) is 1.60. The Morgan fingerprint density at radius 2 is 1.82 bits per heavy atom. The lowest BCUT2D eigenvalue weighted by Crippen LogP contribution is -2.14. The molecule has 4 rings (SSSR count). The number of carbonyl (C=O) groups excluding carboxylic acids is 1. The van der Waals surface area contributed by atoms with E-state index in [1.54, 1.807) is 13.2 Å². The fourth-order valence-electron chi connectivity index (χ4n) is 2.96. The number of nitrogens with one attached hydrogen (secondary N) is 1. The van der Waals surface area contributed by atoms with Crippen molar-refractivity contribution in [3.8, 4) is 11.4 Å². The van der Waals surface area contributed by atoms with Crippen LogP contribution in [0.25, 0.3) is 16.7 Å². The molecule has 1 heterocycles. The number of thioether (sulfide) groups is 1. The fraction of sp³-hybridized carbons (Fsp3) is 0.0909. The van der Waals surface area contributed by atoms with Gasteiger partial charge in [0.15, 0.2) is 5.16 Å². The highest BCUT2D eigenvalue weighted by Crippen LogP contribution is 2.28. The number of methoxy groups -OCH3 is 1. The van der Waals surface area contributed by atoms with Crippen LogP contribution < -0.4 is 10.1 Å². The third-order valence-electron chi connectivity index (χ3n) is 4.23. The standard InChI is InChI=1S/C22H19N3O2S/c1-27-18-11-7-8-16(14-18)23-21(26)15-28-22-24-19-12-5-6-13-20(19)25(22)17-9-3-2-4-10-17/h2-14H,15H2,1H3,(H,23,26). The Morgan fingerprint density at radius 3 is 2.64 bits per heavy atom. The first-order chi connectivity index (χ1) is 13.7. The van der Waals surface area contributed by atoms with E-state index in [2.05, 4.69) is 9.88 Å². The molecule has 0 aliphatic carbocycles. The first kappa shape index (κ1) is 18.1. The van der Waals surface area contributed by atoms with Gasteiger partial charge in [-0.15, -0.1) is 0 Å². The molecule has 0 spiro atoms. The number of carbonyl (C=O) groups is 1. The van der Waals surface area contributed by atoms with Gasteiger partial charge in [-0.25, -0.2) is 4.98 Å². The average Bonchev–Trinajstić information content (AvgIpc) is 3.11. The summed E-state index contributed by atoms with van der Waals surface area (Å²) in [6, 6.07) is 25.3. The van der Waals surface area contributed by atoms with Crippen LogP contribution in [-0.4, -0.2) is 28.3 Å². The van der Waals surface area contributed by atoms with Gasteiger partial charge in [-0.3, -0.25) is 9.36 Å². The van der Waals surface area contributed by atoms with Gasteiger partial charge in [0.1, 0.15) is 5.75 Å². The zero-order valence-electron chi connectivity index (χ0n) is 15.3. The van der Waals surface area contributed by atoms with Crippen molar-refractivity contribution >= 4 is 34.4 Å². The molecule has 0 fully saturated rings. The quantitative estimate of drug-likeness (QED) is 0.483. The van der Waals surface area contributed by atoms with Crippen molar-refractivity contribution in [2.45, 2.75) is 5.16 Å². The second-order valence-corrected chi connectivity index (χ2v) is 7.07. The normalized spacial score (nSPS) is 10.8. The lowest BCUT2D eigenvalue weighted by atomic mass is 10.3. The maximum atomic E-state index is 12.4. The molecule has 6 heteroatoms. The van der Waals surface area contributed by atoms with Gasteiger partial charge in [-0.2, -0.15) is 0 Å². The summed E-state index contributed by atoms with van der Waals surface area (Å²) in [6.07, 6.45) is 0. The molecule has 5 nitrogen and oxygen atoms in total. The number of para-hydroxylation sites is 3. The smallest absolute Gasteiger partial charge is 0.234 e. The number of hydrogen-bond donors (Lipinski definition) is 1. The highest BCUT2D eigenvalue weighted by atomic mass is 32.2. The van der Waals surface area contributed by atoms with Crippen molar-refractivity contribution in [3.05, 3.63) is 78.9 Å². The van der Waals surface area contributed by atoms with Crippen LogP contribution in [0, 0.1) is 0 Å². The van der Waals surface area contributed by atoms with E-state index in [1.807, 2.05) is 72.8 Å². The fourth-order valence-corrected chi connectivity index (χ4v) is 3.78. The number of amides is 1. The Bertz CT molecular complexity index is 1110. The summed E-state index contributed by atoms with van der Waals surface area (Å²) in [5.41, 5.74) is 3.65. The van der Waals surface area contributed by atoms with Crippen LogP contribution in [0.5, 0.6) is 5.75 Å². The number of fused-ring (bicyclic) bond motifs is 1. The SMILES string of the molecule is COc1cccc(NC(=O)CSc2nc3ccccc3n2-c2ccccc2)c1. The van der Waals surface area contributed by atoms with E-state index in [0.717, 1.165) is 21.9 Å². The molecule has 0 aliphatic rings. The third kappa shape index (κ3) is 3.87. The molecule has 0 unspecified atom stereocenters. The molecule has 1 amide bonds. The van der Waals surface area contributed by atoms with Gasteiger partial charge in [0.2, 0.25) is 5.91 Å². The molecule has 0 radical (unpaired) electrons. The Labute approximate surface area is 167 Å². The number of benzene rings is 3. The Morgan fingerprint density at radius 1 is 1.04 bits per heavy atom. The van der Waals surface area contributed by atoms with Crippen LogP contribution in [0.15, 0.2) is 84.0 Å². The lowest BCUT2D eigenvalue weighted by molar-refractivity contribution is -0.113. The molecule has 0 saturated carbocycles. The molecule has 0 atom stereocenters. The van der Waals surface area contributed by atoms with Crippen LogP contribution in [0.1, 0.15) is 0 Å². The second kappa shape index (κ2) is 8.19. The molecule has 0 saturated heterocycles. The predicted molar refractivity (Wildman–Crippen MR) is 113 cm³/mol. The van der Waals surface area contributed by atoms with Crippen molar-refractivity contribution < 1.29 is 9.53 Å². The number of aromatic nitrogens is 2. The van der Waals surface area contributed by atoms with Crippen molar-refractivity contribution in [1.82, 2.24) is 9.55 Å². The molecular weight excluding hydrogens is 370 g/mol. The lowest BCUT2D eigenvalue weighted by Gasteiger charge is -2.09. The highest BCUT2D eigenvalue weighted by molar-refractivity contribution is 7.99. The van der Waals surface area contributed by atoms with E-state index < -0.39 is 0 Å². The highest BCUT2D eigenvalue weighted by Gasteiger charge is 2.14. The van der Waals surface area contributed by atoms with E-state index in [9.17, 15) is 4.79 Å². The molecular formula is C22H19N3O2S. The monoisotopic (exact) mass is 389 g/mol. The zero-order chi connectivity index (χ0) is 19.3. The van der Waals surface area contributed by atoms with Crippen molar-refractivity contribution in [2.24, 2.45) is 0 Å². The van der Waals surface area contributed by atoms with Crippen molar-refractivity contribution in [2.75, 3.05) is 18.2 Å². The number of imidazole rings is 1. The minimum atomic E-state index is -0.0927. The summed E-state index contributed by atoms with van der Waals surface area (Å²) < 4.78 is 7.28. The van der Waals surface area contributed by atoms with Gasteiger partial charge >= 0.3 is 0 Å². The molecule has 1 N–H and O–H groups in total. The topological polar surface area (TPSA) is 56.1 Å². The molecule has 0 bridgehead atoms. The van der Waals surface area contributed by atoms with Crippen LogP contribution in [0.4, 0.5) is 5.69 Å². The van der Waals surface area contributed by atoms with Crippen molar-refractivity contribution in [3.63, 3.8) is 0 Å². The Kier molecular flexibility index (Phi) is 5.30. The molecule has 0 aliphatic heterocycles. The number of anilines is 1. The maximum Gasteiger partial charge on any atom is 0.234 e. The summed E-state index contributed by atoms with van der Waals surface area (Å²) in [6.45, 7) is 0. The second-order valence-electron chi connectivity index (χ2n) is 6.12. The van der Waals surface area contributed by atoms with Gasteiger partial charge in [0.25, 0.3) is 0 Å². The van der Waals surface area contributed by atoms with Gasteiger partial charge in [-0.05, 0) is 36.4 Å². The van der Waals surface area contributed by atoms with E-state index in [0.29, 0.717) is 11.4 Å². The summed E-state index contributed by atoms with van der Waals surface area (Å²) in [5.74, 6) is 0.870. The minimum absolute atomic E-state index is 0.0927. The predicted octanol–water partition coefficient (Wildman–Crippen LogP) is 4.76. The van der Waals surface area contributed by atoms with Crippen LogP contribution in [0.2, 0.25) is 0 Å². The summed E-state index contributed by atoms with van der Waals surface area (Å²) >= 11 is 1.41. The minimum Gasteiger partial charge on any atom is -0.497 e. The number of hydrogen-bond acceptors (Lipinski definition) is 4. The van der Waals surface area contributed by atoms with E-state index in [-0.39, 0.29) is 11.7 Å². The average molecular weight is 389 g/mol. The summed E-state index contributed by atoms with van der Waals surface area (Å²) in [4.78, 5) is 17.2. The largest absolute Gasteiger partial charge is 0.497 e. The first-order valence-corrected chi connectivity index (χ1v) is 9.83. The zero-order valence-corrected chi connectivity index (χ0v) is 16.1. The van der Waals surface area contributed by atoms with E-state index >= 15 is 0 Å². The van der Waals surface area contributed by atoms with Gasteiger partial charge in [-0.1, -0.05) is 48.2 Å². The Balaban J connectivity index is 1.55.